The van der Waals surface area contributed by atoms with E-state index in [4.69, 9.17) is 9.90 Å². The average molecular weight is 655 g/mol. The minimum Gasteiger partial charge on any atom is -0.483 e. The van der Waals surface area contributed by atoms with Gasteiger partial charge in [0.15, 0.2) is 0 Å². The van der Waals surface area contributed by atoms with Crippen LogP contribution in [0, 0.1) is 0 Å². The molecule has 0 fully saturated rings. The zero-order valence-corrected chi connectivity index (χ0v) is 31.9. The predicted molar refractivity (Wildman–Crippen MR) is 204 cm³/mol. The Hall–Kier alpha value is -0.650. The van der Waals surface area contributed by atoms with Gasteiger partial charge in [0.25, 0.3) is 6.47 Å². The molecule has 0 aliphatic heterocycles. The smallest absolute Gasteiger partial charge is 0.290 e. The number of nitrogens with zero attached hydrogens (tertiary/aromatic N) is 2. The largest absolute Gasteiger partial charge is 0.483 e. The van der Waals surface area contributed by atoms with E-state index in [9.17, 15) is 5.11 Å². The maximum atomic E-state index is 9.72. The Bertz CT molecular complexity index is 510. The van der Waals surface area contributed by atoms with Crippen LogP contribution in [0.3, 0.4) is 0 Å². The minimum absolute atomic E-state index is 0.250. The minimum atomic E-state index is -0.250. The first-order valence-electron chi connectivity index (χ1n) is 20.8. The molecule has 0 aromatic rings. The number of rotatable bonds is 38. The molecule has 0 aliphatic carbocycles. The van der Waals surface area contributed by atoms with Crippen molar-refractivity contribution in [1.29, 1.82) is 0 Å². The molecule has 0 saturated heterocycles. The topological polar surface area (TPSA) is 64.0 Å². The molecular formula is C41H86N2O3. The van der Waals surface area contributed by atoms with Gasteiger partial charge in [0, 0.05) is 19.6 Å². The van der Waals surface area contributed by atoms with Crippen LogP contribution in [-0.4, -0.2) is 72.4 Å². The fourth-order valence-corrected chi connectivity index (χ4v) is 6.56. The molecular weight excluding hydrogens is 568 g/mol. The average Bonchev–Trinajstić information content (AvgIpc) is 3.06. The number of aliphatic hydroxyl groups is 1. The first kappa shape index (κ1) is 47.5. The van der Waals surface area contributed by atoms with Crippen LogP contribution in [0.4, 0.5) is 0 Å². The van der Waals surface area contributed by atoms with E-state index < -0.39 is 0 Å². The number of hydrogen-bond donors (Lipinski definition) is 2. The number of carbonyl (C=O) groups is 1. The third-order valence-electron chi connectivity index (χ3n) is 9.63. The van der Waals surface area contributed by atoms with Crippen LogP contribution in [0.2, 0.25) is 0 Å². The normalized spacial score (nSPS) is 11.3. The lowest BCUT2D eigenvalue weighted by Crippen LogP contribution is -2.38. The summed E-state index contributed by atoms with van der Waals surface area (Å²) >= 11 is 0. The summed E-state index contributed by atoms with van der Waals surface area (Å²) in [6.07, 6.45) is 42.3. The zero-order chi connectivity index (χ0) is 34.0. The van der Waals surface area contributed by atoms with Crippen molar-refractivity contribution in [3.8, 4) is 0 Å². The highest BCUT2D eigenvalue weighted by atomic mass is 16.3. The zero-order valence-electron chi connectivity index (χ0n) is 31.9. The Balaban J connectivity index is 0. The number of unbranched alkanes of at least 4 members (excludes halogenated alkanes) is 27. The van der Waals surface area contributed by atoms with Gasteiger partial charge in [-0.15, -0.1) is 0 Å². The number of carboxylic acid groups (broad SMARTS) is 1. The van der Waals surface area contributed by atoms with Crippen molar-refractivity contribution >= 4 is 6.47 Å². The van der Waals surface area contributed by atoms with Gasteiger partial charge in [0.05, 0.1) is 6.61 Å². The molecule has 0 heterocycles. The van der Waals surface area contributed by atoms with Gasteiger partial charge in [0.2, 0.25) is 0 Å². The van der Waals surface area contributed by atoms with Crippen LogP contribution in [0.15, 0.2) is 0 Å². The first-order chi connectivity index (χ1) is 22.7. The fraction of sp³-hybridized carbons (Fsp3) is 0.976. The van der Waals surface area contributed by atoms with Crippen LogP contribution < -0.4 is 0 Å². The lowest BCUT2D eigenvalue weighted by atomic mass is 10.1. The SMILES string of the molecule is CCCCCCCCCCCCN(CCO)CCN(CCCCCCCCCCCC)CCCCCCCCCCCC.O=CO. The van der Waals surface area contributed by atoms with Gasteiger partial charge in [-0.1, -0.05) is 194 Å². The number of hydrogen-bond acceptors (Lipinski definition) is 4. The van der Waals surface area contributed by atoms with Crippen molar-refractivity contribution in [3.63, 3.8) is 0 Å². The molecule has 5 heteroatoms. The highest BCUT2D eigenvalue weighted by molar-refractivity contribution is 5.32. The van der Waals surface area contributed by atoms with Crippen molar-refractivity contribution in [2.24, 2.45) is 0 Å². The maximum Gasteiger partial charge on any atom is 0.290 e. The van der Waals surface area contributed by atoms with Crippen molar-refractivity contribution in [2.45, 2.75) is 213 Å². The standard InChI is InChI=1S/C40H84N2O.CH2O2/c1-4-7-10-13-16-19-22-25-28-31-34-41(35-32-29-26-23-20-17-14-11-8-5-2)37-38-42(39-40-43)36-33-30-27-24-21-18-15-12-9-6-3;2-1-3/h43H,4-40H2,1-3H3;1H,(H,2,3). The van der Waals surface area contributed by atoms with Gasteiger partial charge in [-0.2, -0.15) is 0 Å². The van der Waals surface area contributed by atoms with Crippen molar-refractivity contribution in [2.75, 3.05) is 45.9 Å². The lowest BCUT2D eigenvalue weighted by Gasteiger charge is -2.27. The number of aliphatic hydroxyl groups excluding tert-OH is 1. The van der Waals surface area contributed by atoms with Gasteiger partial charge in [-0.3, -0.25) is 9.69 Å². The molecule has 0 bridgehead atoms. The molecule has 278 valence electrons. The molecule has 2 N–H and O–H groups in total. The Morgan fingerprint density at radius 1 is 0.348 bits per heavy atom. The van der Waals surface area contributed by atoms with Crippen molar-refractivity contribution < 1.29 is 15.0 Å². The molecule has 0 aromatic heterocycles. The molecule has 0 aromatic carbocycles. The Kier molecular flexibility index (Phi) is 45.8. The van der Waals surface area contributed by atoms with Gasteiger partial charge in [0.1, 0.15) is 0 Å². The summed E-state index contributed by atoms with van der Waals surface area (Å²) in [6, 6.07) is 0. The van der Waals surface area contributed by atoms with E-state index in [1.54, 1.807) is 0 Å². The van der Waals surface area contributed by atoms with E-state index in [0.717, 1.165) is 13.1 Å². The van der Waals surface area contributed by atoms with E-state index in [-0.39, 0.29) is 6.47 Å². The van der Waals surface area contributed by atoms with E-state index in [1.807, 2.05) is 0 Å². The second kappa shape index (κ2) is 44.4. The second-order valence-corrected chi connectivity index (χ2v) is 14.1. The summed E-state index contributed by atoms with van der Waals surface area (Å²) in [5, 5.41) is 16.6. The van der Waals surface area contributed by atoms with Crippen molar-refractivity contribution in [1.82, 2.24) is 9.80 Å². The molecule has 0 unspecified atom stereocenters. The molecule has 0 radical (unpaired) electrons. The highest BCUT2D eigenvalue weighted by Gasteiger charge is 2.10. The van der Waals surface area contributed by atoms with Crippen LogP contribution in [0.25, 0.3) is 0 Å². The summed E-state index contributed by atoms with van der Waals surface area (Å²) < 4.78 is 0. The summed E-state index contributed by atoms with van der Waals surface area (Å²) in [6.45, 7) is 13.9. The van der Waals surface area contributed by atoms with Crippen LogP contribution in [0.5, 0.6) is 0 Å². The predicted octanol–water partition coefficient (Wildman–Crippen LogP) is 12.0. The summed E-state index contributed by atoms with van der Waals surface area (Å²) in [7, 11) is 0. The quantitative estimate of drug-likeness (QED) is 0.0512. The van der Waals surface area contributed by atoms with Gasteiger partial charge < -0.3 is 15.1 Å². The molecule has 46 heavy (non-hydrogen) atoms. The van der Waals surface area contributed by atoms with E-state index in [0.29, 0.717) is 6.61 Å². The van der Waals surface area contributed by atoms with Gasteiger partial charge >= 0.3 is 0 Å². The maximum absolute atomic E-state index is 9.72. The van der Waals surface area contributed by atoms with Crippen molar-refractivity contribution in [3.05, 3.63) is 0 Å². The summed E-state index contributed by atoms with van der Waals surface area (Å²) in [5.41, 5.74) is 0. The monoisotopic (exact) mass is 655 g/mol. The molecule has 0 amide bonds. The van der Waals surface area contributed by atoms with Gasteiger partial charge in [-0.25, -0.2) is 0 Å². The molecule has 0 atom stereocenters. The summed E-state index contributed by atoms with van der Waals surface area (Å²) in [5.74, 6) is 0. The second-order valence-electron chi connectivity index (χ2n) is 14.1. The Labute approximate surface area is 290 Å². The molecule has 0 rings (SSSR count). The third kappa shape index (κ3) is 41.4. The van der Waals surface area contributed by atoms with Crippen LogP contribution in [-0.2, 0) is 4.79 Å². The van der Waals surface area contributed by atoms with E-state index >= 15 is 0 Å². The third-order valence-corrected chi connectivity index (χ3v) is 9.63. The Morgan fingerprint density at radius 2 is 0.543 bits per heavy atom. The summed E-state index contributed by atoms with van der Waals surface area (Å²) in [4.78, 5) is 13.7. The molecule has 5 nitrogen and oxygen atoms in total. The van der Waals surface area contributed by atoms with E-state index in [1.165, 1.54) is 219 Å². The first-order valence-corrected chi connectivity index (χ1v) is 20.8. The lowest BCUT2D eigenvalue weighted by molar-refractivity contribution is -0.122. The molecule has 0 spiro atoms. The molecule has 0 saturated carbocycles. The highest BCUT2D eigenvalue weighted by Crippen LogP contribution is 2.14. The Morgan fingerprint density at radius 3 is 0.761 bits per heavy atom. The van der Waals surface area contributed by atoms with E-state index in [2.05, 4.69) is 30.6 Å². The van der Waals surface area contributed by atoms with Crippen LogP contribution >= 0.6 is 0 Å². The van der Waals surface area contributed by atoms with Gasteiger partial charge in [-0.05, 0) is 38.9 Å². The van der Waals surface area contributed by atoms with Crippen LogP contribution in [0.1, 0.15) is 213 Å². The fourth-order valence-electron chi connectivity index (χ4n) is 6.56. The molecule has 0 aliphatic rings.